The molecule has 0 amide bonds. The third kappa shape index (κ3) is 3.23. The van der Waals surface area contributed by atoms with Crippen LogP contribution in [-0.2, 0) is 0 Å². The standard InChI is InChI=1S/C13H24N2/c1-3-14-8-4-5-9-15(11-14)10-12(2)13-6-7-13/h10,13H,3-9,11H2,1-2H3/b12-10+. The Labute approximate surface area is 93.9 Å². The molecule has 1 aliphatic heterocycles. The number of nitrogens with zero attached hydrogens (tertiary/aromatic N) is 2. The van der Waals surface area contributed by atoms with Crippen molar-refractivity contribution in [3.63, 3.8) is 0 Å². The van der Waals surface area contributed by atoms with E-state index in [-0.39, 0.29) is 0 Å². The highest BCUT2D eigenvalue weighted by Gasteiger charge is 2.23. The summed E-state index contributed by atoms with van der Waals surface area (Å²) < 4.78 is 0. The molecule has 0 aromatic rings. The van der Waals surface area contributed by atoms with Gasteiger partial charge in [0.2, 0.25) is 0 Å². The topological polar surface area (TPSA) is 6.48 Å². The first-order valence-electron chi connectivity index (χ1n) is 6.44. The maximum Gasteiger partial charge on any atom is 0.0701 e. The van der Waals surface area contributed by atoms with E-state index in [0.717, 1.165) is 12.6 Å². The molecule has 1 heterocycles. The largest absolute Gasteiger partial charge is 0.365 e. The zero-order valence-corrected chi connectivity index (χ0v) is 10.2. The Morgan fingerprint density at radius 3 is 2.67 bits per heavy atom. The van der Waals surface area contributed by atoms with E-state index < -0.39 is 0 Å². The Morgan fingerprint density at radius 1 is 1.27 bits per heavy atom. The number of rotatable bonds is 3. The quantitative estimate of drug-likeness (QED) is 0.703. The number of hydrogen-bond donors (Lipinski definition) is 0. The monoisotopic (exact) mass is 208 g/mol. The first-order valence-corrected chi connectivity index (χ1v) is 6.44. The van der Waals surface area contributed by atoms with Gasteiger partial charge >= 0.3 is 0 Å². The van der Waals surface area contributed by atoms with Gasteiger partial charge in [0.25, 0.3) is 0 Å². The van der Waals surface area contributed by atoms with Crippen LogP contribution in [0.5, 0.6) is 0 Å². The molecule has 0 radical (unpaired) electrons. The van der Waals surface area contributed by atoms with Gasteiger partial charge < -0.3 is 4.90 Å². The molecule has 1 saturated carbocycles. The van der Waals surface area contributed by atoms with Gasteiger partial charge in [-0.05, 0) is 57.8 Å². The molecule has 2 heteroatoms. The first kappa shape index (κ1) is 11.0. The normalized spacial score (nSPS) is 25.5. The molecule has 2 rings (SSSR count). The number of allylic oxidation sites excluding steroid dienone is 1. The molecule has 1 aliphatic carbocycles. The molecule has 0 N–H and O–H groups in total. The fourth-order valence-electron chi connectivity index (χ4n) is 2.34. The summed E-state index contributed by atoms with van der Waals surface area (Å²) in [7, 11) is 0. The highest BCUT2D eigenvalue weighted by atomic mass is 15.3. The molecule has 0 aromatic carbocycles. The average Bonchev–Trinajstić information content (AvgIpc) is 3.05. The molecule has 1 saturated heterocycles. The van der Waals surface area contributed by atoms with E-state index in [1.807, 2.05) is 0 Å². The maximum atomic E-state index is 2.55. The molecule has 0 spiro atoms. The van der Waals surface area contributed by atoms with Crippen molar-refractivity contribution < 1.29 is 0 Å². The Kier molecular flexibility index (Phi) is 3.68. The molecule has 15 heavy (non-hydrogen) atoms. The fourth-order valence-corrected chi connectivity index (χ4v) is 2.34. The highest BCUT2D eigenvalue weighted by molar-refractivity contribution is 5.09. The predicted molar refractivity (Wildman–Crippen MR) is 64.5 cm³/mol. The lowest BCUT2D eigenvalue weighted by Gasteiger charge is -2.25. The van der Waals surface area contributed by atoms with Crippen LogP contribution < -0.4 is 0 Å². The van der Waals surface area contributed by atoms with E-state index in [1.165, 1.54) is 45.3 Å². The second-order valence-electron chi connectivity index (χ2n) is 5.02. The van der Waals surface area contributed by atoms with E-state index in [2.05, 4.69) is 29.8 Å². The number of hydrogen-bond acceptors (Lipinski definition) is 2. The molecular formula is C13H24N2. The maximum absolute atomic E-state index is 2.55. The Morgan fingerprint density at radius 2 is 2.00 bits per heavy atom. The summed E-state index contributed by atoms with van der Waals surface area (Å²) in [6, 6.07) is 0. The summed E-state index contributed by atoms with van der Waals surface area (Å²) in [5, 5.41) is 0. The van der Waals surface area contributed by atoms with Crippen molar-refractivity contribution in [2.24, 2.45) is 5.92 Å². The van der Waals surface area contributed by atoms with E-state index in [1.54, 1.807) is 5.57 Å². The van der Waals surface area contributed by atoms with Crippen molar-refractivity contribution in [3.8, 4) is 0 Å². The van der Waals surface area contributed by atoms with E-state index in [0.29, 0.717) is 0 Å². The summed E-state index contributed by atoms with van der Waals surface area (Å²) in [5.41, 5.74) is 1.60. The van der Waals surface area contributed by atoms with Gasteiger partial charge in [0.15, 0.2) is 0 Å². The van der Waals surface area contributed by atoms with E-state index in [9.17, 15) is 0 Å². The van der Waals surface area contributed by atoms with Gasteiger partial charge in [0.1, 0.15) is 0 Å². The lowest BCUT2D eigenvalue weighted by molar-refractivity contribution is 0.204. The average molecular weight is 208 g/mol. The van der Waals surface area contributed by atoms with Crippen molar-refractivity contribution in [2.75, 3.05) is 26.3 Å². The summed E-state index contributed by atoms with van der Waals surface area (Å²) in [6.07, 6.45) is 7.98. The van der Waals surface area contributed by atoms with Gasteiger partial charge in [0.05, 0.1) is 6.67 Å². The van der Waals surface area contributed by atoms with Crippen LogP contribution in [0.2, 0.25) is 0 Å². The molecule has 0 unspecified atom stereocenters. The molecule has 2 aliphatic rings. The van der Waals surface area contributed by atoms with Crippen LogP contribution in [0.4, 0.5) is 0 Å². The van der Waals surface area contributed by atoms with Gasteiger partial charge in [-0.25, -0.2) is 0 Å². The fraction of sp³-hybridized carbons (Fsp3) is 0.846. The van der Waals surface area contributed by atoms with Gasteiger partial charge in [-0.1, -0.05) is 12.5 Å². The molecule has 0 bridgehead atoms. The molecule has 86 valence electrons. The summed E-state index contributed by atoms with van der Waals surface area (Å²) in [5.74, 6) is 0.920. The van der Waals surface area contributed by atoms with Crippen LogP contribution in [0.1, 0.15) is 39.5 Å². The minimum Gasteiger partial charge on any atom is -0.365 e. The predicted octanol–water partition coefficient (Wildman–Crippen LogP) is 2.68. The van der Waals surface area contributed by atoms with E-state index in [4.69, 9.17) is 0 Å². The van der Waals surface area contributed by atoms with Crippen LogP contribution in [0.3, 0.4) is 0 Å². The molecule has 2 fully saturated rings. The van der Waals surface area contributed by atoms with Gasteiger partial charge in [0, 0.05) is 6.54 Å². The Hall–Kier alpha value is -0.500. The summed E-state index contributed by atoms with van der Waals surface area (Å²) in [6.45, 7) is 9.43. The lowest BCUT2D eigenvalue weighted by atomic mass is 10.2. The minimum atomic E-state index is 0.920. The molecule has 0 aromatic heterocycles. The molecule has 0 atom stereocenters. The Bertz CT molecular complexity index is 231. The summed E-state index contributed by atoms with van der Waals surface area (Å²) in [4.78, 5) is 5.06. The van der Waals surface area contributed by atoms with Crippen LogP contribution in [-0.4, -0.2) is 36.1 Å². The SMILES string of the molecule is CCN1CCCCN(/C=C(\C)C2CC2)C1. The van der Waals surface area contributed by atoms with Gasteiger partial charge in [-0.3, -0.25) is 4.90 Å². The third-order valence-electron chi connectivity index (χ3n) is 3.61. The van der Waals surface area contributed by atoms with Crippen molar-refractivity contribution in [2.45, 2.75) is 39.5 Å². The van der Waals surface area contributed by atoms with Gasteiger partial charge in [-0.2, -0.15) is 0 Å². The third-order valence-corrected chi connectivity index (χ3v) is 3.61. The van der Waals surface area contributed by atoms with E-state index >= 15 is 0 Å². The van der Waals surface area contributed by atoms with Crippen LogP contribution in [0.15, 0.2) is 11.8 Å². The van der Waals surface area contributed by atoms with Crippen LogP contribution in [0, 0.1) is 5.92 Å². The van der Waals surface area contributed by atoms with Crippen molar-refractivity contribution in [1.29, 1.82) is 0 Å². The van der Waals surface area contributed by atoms with Crippen molar-refractivity contribution in [3.05, 3.63) is 11.8 Å². The Balaban J connectivity index is 1.91. The van der Waals surface area contributed by atoms with Crippen LogP contribution in [0.25, 0.3) is 0 Å². The van der Waals surface area contributed by atoms with Crippen molar-refractivity contribution >= 4 is 0 Å². The van der Waals surface area contributed by atoms with Gasteiger partial charge in [-0.15, -0.1) is 0 Å². The smallest absolute Gasteiger partial charge is 0.0701 e. The molecule has 2 nitrogen and oxygen atoms in total. The minimum absolute atomic E-state index is 0.920. The second kappa shape index (κ2) is 5.02. The zero-order chi connectivity index (χ0) is 10.7. The highest BCUT2D eigenvalue weighted by Crippen LogP contribution is 2.36. The first-order chi connectivity index (χ1) is 7.29. The lowest BCUT2D eigenvalue weighted by Crippen LogP contribution is -2.33. The zero-order valence-electron chi connectivity index (χ0n) is 10.2. The van der Waals surface area contributed by atoms with Crippen LogP contribution >= 0.6 is 0 Å². The summed E-state index contributed by atoms with van der Waals surface area (Å²) >= 11 is 0. The molecular weight excluding hydrogens is 184 g/mol. The second-order valence-corrected chi connectivity index (χ2v) is 5.02. The van der Waals surface area contributed by atoms with Crippen molar-refractivity contribution in [1.82, 2.24) is 9.80 Å².